The van der Waals surface area contributed by atoms with Crippen LogP contribution in [0.15, 0.2) is 60.4 Å². The summed E-state index contributed by atoms with van der Waals surface area (Å²) >= 11 is 0. The minimum absolute atomic E-state index is 0.264. The first-order chi connectivity index (χ1) is 12.7. The second-order valence-corrected chi connectivity index (χ2v) is 5.58. The van der Waals surface area contributed by atoms with Gasteiger partial charge in [0.2, 0.25) is 6.10 Å². The van der Waals surface area contributed by atoms with Crippen LogP contribution in [0.1, 0.15) is 12.0 Å². The van der Waals surface area contributed by atoms with E-state index in [1.807, 2.05) is 0 Å². The molecular weight excluding hydrogens is 339 g/mol. The summed E-state index contributed by atoms with van der Waals surface area (Å²) in [5.41, 5.74) is 1.64. The predicted molar refractivity (Wildman–Crippen MR) is 90.2 cm³/mol. The number of carbonyl (C=O) groups is 1. The number of nitrogens with zero attached hydrogens (tertiary/aromatic N) is 5. The third-order valence-electron chi connectivity index (χ3n) is 3.79. The lowest BCUT2D eigenvalue weighted by atomic mass is 10.0. The number of anilines is 1. The zero-order chi connectivity index (χ0) is 17.9. The molecule has 8 nitrogen and oxygen atoms in total. The van der Waals surface area contributed by atoms with E-state index in [-0.39, 0.29) is 18.1 Å². The Hall–Kier alpha value is -3.62. The van der Waals surface area contributed by atoms with Gasteiger partial charge >= 0.3 is 0 Å². The minimum Gasteiger partial charge on any atom is -0.382 e. The van der Waals surface area contributed by atoms with E-state index in [2.05, 4.69) is 25.5 Å². The van der Waals surface area contributed by atoms with E-state index < -0.39 is 6.10 Å². The minimum atomic E-state index is -0.775. The molecule has 0 bridgehead atoms. The summed E-state index contributed by atoms with van der Waals surface area (Å²) < 4.78 is 14.8. The fraction of sp³-hybridized carbons (Fsp3) is 0.118. The number of oxime groups is 1. The van der Waals surface area contributed by atoms with E-state index in [1.54, 1.807) is 24.3 Å². The standard InChI is InChI=1S/C17H13FN6O2/c18-12-3-1-2-11(6-12)14-7-15(26-23-14)17(25)22-13-4-5-16(20-8-13)24-10-19-9-21-24/h1-6,8-10,15H,7H2,(H,22,25)/t15-/m1/s1. The highest BCUT2D eigenvalue weighted by molar-refractivity contribution is 6.06. The molecular formula is C17H13FN6O2. The third-order valence-corrected chi connectivity index (χ3v) is 3.79. The first-order valence-electron chi connectivity index (χ1n) is 7.79. The second kappa shape index (κ2) is 6.71. The van der Waals surface area contributed by atoms with Crippen molar-refractivity contribution < 1.29 is 14.0 Å². The molecule has 0 fully saturated rings. The number of aromatic nitrogens is 4. The molecule has 1 aromatic carbocycles. The molecule has 9 heteroatoms. The molecule has 0 spiro atoms. The Kier molecular flexibility index (Phi) is 4.10. The van der Waals surface area contributed by atoms with Crippen molar-refractivity contribution >= 4 is 17.3 Å². The highest BCUT2D eigenvalue weighted by Gasteiger charge is 2.29. The van der Waals surface area contributed by atoms with E-state index in [0.717, 1.165) is 0 Å². The smallest absolute Gasteiger partial charge is 0.268 e. The molecule has 0 saturated carbocycles. The number of nitrogens with one attached hydrogen (secondary N) is 1. The van der Waals surface area contributed by atoms with Crippen molar-refractivity contribution in [3.63, 3.8) is 0 Å². The van der Waals surface area contributed by atoms with Gasteiger partial charge in [0.15, 0.2) is 5.82 Å². The van der Waals surface area contributed by atoms with Gasteiger partial charge in [-0.2, -0.15) is 5.10 Å². The number of halogens is 1. The molecule has 0 aliphatic carbocycles. The van der Waals surface area contributed by atoms with Crippen molar-refractivity contribution in [1.29, 1.82) is 0 Å². The topological polar surface area (TPSA) is 94.3 Å². The van der Waals surface area contributed by atoms with E-state index in [0.29, 0.717) is 22.8 Å². The van der Waals surface area contributed by atoms with Crippen molar-refractivity contribution in [3.05, 3.63) is 66.6 Å². The number of pyridine rings is 1. The maximum Gasteiger partial charge on any atom is 0.268 e. The molecule has 3 aromatic rings. The lowest BCUT2D eigenvalue weighted by Gasteiger charge is -2.09. The Morgan fingerprint density at radius 3 is 2.96 bits per heavy atom. The van der Waals surface area contributed by atoms with Crippen LogP contribution in [0.3, 0.4) is 0 Å². The van der Waals surface area contributed by atoms with Crippen molar-refractivity contribution in [2.24, 2.45) is 5.16 Å². The molecule has 1 aliphatic rings. The molecule has 26 heavy (non-hydrogen) atoms. The molecule has 3 heterocycles. The average molecular weight is 352 g/mol. The molecule has 130 valence electrons. The van der Waals surface area contributed by atoms with Gasteiger partial charge in [-0.15, -0.1) is 0 Å². The summed E-state index contributed by atoms with van der Waals surface area (Å²) in [6, 6.07) is 9.41. The first-order valence-corrected chi connectivity index (χ1v) is 7.79. The monoisotopic (exact) mass is 352 g/mol. The predicted octanol–water partition coefficient (Wildman–Crippen LogP) is 1.93. The van der Waals surface area contributed by atoms with Gasteiger partial charge in [0.25, 0.3) is 5.91 Å². The van der Waals surface area contributed by atoms with Gasteiger partial charge in [0, 0.05) is 12.0 Å². The van der Waals surface area contributed by atoms with Crippen molar-refractivity contribution in [1.82, 2.24) is 19.7 Å². The number of hydrogen-bond acceptors (Lipinski definition) is 6. The zero-order valence-electron chi connectivity index (χ0n) is 13.4. The van der Waals surface area contributed by atoms with E-state index in [9.17, 15) is 9.18 Å². The maximum atomic E-state index is 13.3. The Morgan fingerprint density at radius 2 is 2.23 bits per heavy atom. The highest BCUT2D eigenvalue weighted by Crippen LogP contribution is 2.19. The van der Waals surface area contributed by atoms with Crippen molar-refractivity contribution in [3.8, 4) is 5.82 Å². The van der Waals surface area contributed by atoms with Crippen LogP contribution < -0.4 is 5.32 Å². The Labute approximate surface area is 147 Å². The molecule has 0 saturated heterocycles. The van der Waals surface area contributed by atoms with Gasteiger partial charge in [0.1, 0.15) is 18.5 Å². The molecule has 1 aliphatic heterocycles. The van der Waals surface area contributed by atoms with E-state index in [1.165, 1.54) is 35.7 Å². The molecule has 1 amide bonds. The van der Waals surface area contributed by atoms with Crippen LogP contribution >= 0.6 is 0 Å². The summed E-state index contributed by atoms with van der Waals surface area (Å²) in [6.07, 6.45) is 3.93. The highest BCUT2D eigenvalue weighted by atomic mass is 19.1. The van der Waals surface area contributed by atoms with Gasteiger partial charge in [0.05, 0.1) is 17.6 Å². The molecule has 0 radical (unpaired) electrons. The number of benzene rings is 1. The van der Waals surface area contributed by atoms with Crippen LogP contribution in [0.4, 0.5) is 10.1 Å². The van der Waals surface area contributed by atoms with Crippen LogP contribution in [0, 0.1) is 5.82 Å². The Balaban J connectivity index is 1.39. The number of hydrogen-bond donors (Lipinski definition) is 1. The fourth-order valence-corrected chi connectivity index (χ4v) is 2.50. The van der Waals surface area contributed by atoms with Gasteiger partial charge < -0.3 is 10.2 Å². The molecule has 2 aromatic heterocycles. The summed E-state index contributed by atoms with van der Waals surface area (Å²) in [6.45, 7) is 0. The van der Waals surface area contributed by atoms with E-state index in [4.69, 9.17) is 4.84 Å². The van der Waals surface area contributed by atoms with Crippen LogP contribution in [0.5, 0.6) is 0 Å². The number of rotatable bonds is 4. The van der Waals surface area contributed by atoms with Crippen LogP contribution in [-0.2, 0) is 9.63 Å². The third kappa shape index (κ3) is 3.27. The molecule has 1 atom stereocenters. The zero-order valence-corrected chi connectivity index (χ0v) is 13.4. The SMILES string of the molecule is O=C(Nc1ccc(-n2cncn2)nc1)[C@H]1CC(c2cccc(F)c2)=NO1. The summed E-state index contributed by atoms with van der Waals surface area (Å²) in [4.78, 5) is 25.6. The number of carbonyl (C=O) groups excluding carboxylic acids is 1. The normalized spacial score (nSPS) is 16.0. The van der Waals surface area contributed by atoms with Gasteiger partial charge in [-0.25, -0.2) is 19.0 Å². The largest absolute Gasteiger partial charge is 0.382 e. The first kappa shape index (κ1) is 15.9. The summed E-state index contributed by atoms with van der Waals surface area (Å²) in [5.74, 6) is -0.138. The second-order valence-electron chi connectivity index (χ2n) is 5.58. The van der Waals surface area contributed by atoms with E-state index >= 15 is 0 Å². The van der Waals surface area contributed by atoms with Crippen LogP contribution in [0.2, 0.25) is 0 Å². The quantitative estimate of drug-likeness (QED) is 0.774. The maximum absolute atomic E-state index is 13.3. The van der Waals surface area contributed by atoms with Crippen molar-refractivity contribution in [2.45, 2.75) is 12.5 Å². The lowest BCUT2D eigenvalue weighted by molar-refractivity contribution is -0.125. The average Bonchev–Trinajstić information content (AvgIpc) is 3.35. The Morgan fingerprint density at radius 1 is 1.31 bits per heavy atom. The Bertz CT molecular complexity index is 956. The molecule has 0 unspecified atom stereocenters. The van der Waals surface area contributed by atoms with Crippen molar-refractivity contribution in [2.75, 3.05) is 5.32 Å². The molecule has 1 N–H and O–H groups in total. The van der Waals surface area contributed by atoms with Gasteiger partial charge in [-0.3, -0.25) is 4.79 Å². The summed E-state index contributed by atoms with van der Waals surface area (Å²) in [5, 5.41) is 10.6. The number of amides is 1. The molecule has 4 rings (SSSR count). The van der Waals surface area contributed by atoms with Gasteiger partial charge in [-0.1, -0.05) is 17.3 Å². The fourth-order valence-electron chi connectivity index (χ4n) is 2.50. The van der Waals surface area contributed by atoms with Gasteiger partial charge in [-0.05, 0) is 24.3 Å². The lowest BCUT2D eigenvalue weighted by Crippen LogP contribution is -2.28. The van der Waals surface area contributed by atoms with Crippen LogP contribution in [-0.4, -0.2) is 37.5 Å². The summed E-state index contributed by atoms with van der Waals surface area (Å²) in [7, 11) is 0. The van der Waals surface area contributed by atoms with Crippen LogP contribution in [0.25, 0.3) is 5.82 Å².